The lowest BCUT2D eigenvalue weighted by Crippen LogP contribution is -2.48. The van der Waals surface area contributed by atoms with Crippen LogP contribution in [0.1, 0.15) is 29.9 Å². The van der Waals surface area contributed by atoms with E-state index < -0.39 is 0 Å². The molecule has 1 saturated heterocycles. The summed E-state index contributed by atoms with van der Waals surface area (Å²) in [7, 11) is 2.20. The van der Waals surface area contributed by atoms with Crippen molar-refractivity contribution in [2.24, 2.45) is 0 Å². The van der Waals surface area contributed by atoms with E-state index in [2.05, 4.69) is 56.5 Å². The summed E-state index contributed by atoms with van der Waals surface area (Å²) in [4.78, 5) is 10.9. The number of hydrogen-bond donors (Lipinski definition) is 1. The van der Waals surface area contributed by atoms with Crippen LogP contribution in [0.15, 0.2) is 17.5 Å². The van der Waals surface area contributed by atoms with E-state index >= 15 is 0 Å². The molecule has 0 bridgehead atoms. The first-order valence-electron chi connectivity index (χ1n) is 8.06. The molecule has 0 amide bonds. The fraction of sp³-hybridized carbons (Fsp3) is 0.625. The summed E-state index contributed by atoms with van der Waals surface area (Å²) in [5, 5.41) is 9.55. The van der Waals surface area contributed by atoms with Crippen LogP contribution in [0, 0.1) is 0 Å². The van der Waals surface area contributed by atoms with Gasteiger partial charge in [-0.25, -0.2) is 4.98 Å². The minimum Gasteiger partial charge on any atom is -0.304 e. The molecule has 1 N–H and O–H groups in total. The minimum absolute atomic E-state index is 0.605. The number of hydrogen-bond acceptors (Lipinski definition) is 5. The molecule has 22 heavy (non-hydrogen) atoms. The van der Waals surface area contributed by atoms with Crippen LogP contribution < -0.4 is 0 Å². The molecule has 3 heterocycles. The van der Waals surface area contributed by atoms with Crippen LogP contribution >= 0.6 is 11.3 Å². The Kier molecular flexibility index (Phi) is 5.23. The highest BCUT2D eigenvalue weighted by Gasteiger charge is 2.19. The Morgan fingerprint density at radius 1 is 1.32 bits per heavy atom. The molecule has 0 aliphatic carbocycles. The van der Waals surface area contributed by atoms with E-state index in [9.17, 15) is 0 Å². The lowest BCUT2D eigenvalue weighted by Gasteiger charge is -2.36. The Hall–Kier alpha value is -1.24. The maximum atomic E-state index is 4.63. The molecule has 1 aliphatic rings. The fourth-order valence-corrected chi connectivity index (χ4v) is 3.60. The zero-order valence-electron chi connectivity index (χ0n) is 13.5. The number of thiophene rings is 1. The van der Waals surface area contributed by atoms with E-state index in [0.29, 0.717) is 6.04 Å². The van der Waals surface area contributed by atoms with Crippen LogP contribution in [-0.4, -0.2) is 64.2 Å². The summed E-state index contributed by atoms with van der Waals surface area (Å²) in [6.45, 7) is 7.03. The minimum atomic E-state index is 0.605. The van der Waals surface area contributed by atoms with Gasteiger partial charge in [-0.3, -0.25) is 10.00 Å². The van der Waals surface area contributed by atoms with Crippen molar-refractivity contribution in [3.05, 3.63) is 34.0 Å². The van der Waals surface area contributed by atoms with Crippen LogP contribution in [-0.2, 0) is 12.8 Å². The number of rotatable bonds is 6. The van der Waals surface area contributed by atoms with E-state index in [1.165, 1.54) is 31.1 Å². The van der Waals surface area contributed by atoms with Crippen LogP contribution in [0.25, 0.3) is 0 Å². The second-order valence-corrected chi connectivity index (χ2v) is 7.21. The zero-order valence-corrected chi connectivity index (χ0v) is 14.3. The molecule has 2 aromatic rings. The van der Waals surface area contributed by atoms with Crippen molar-refractivity contribution in [1.82, 2.24) is 25.0 Å². The number of nitrogens with zero attached hydrogens (tertiary/aromatic N) is 4. The number of aryl methyl sites for hydroxylation is 1. The third kappa shape index (κ3) is 4.15. The monoisotopic (exact) mass is 319 g/mol. The van der Waals surface area contributed by atoms with Crippen molar-refractivity contribution >= 4 is 11.3 Å². The summed E-state index contributed by atoms with van der Waals surface area (Å²) in [6, 6.07) is 4.82. The molecular weight excluding hydrogens is 294 g/mol. The maximum Gasteiger partial charge on any atom is 0.150 e. The van der Waals surface area contributed by atoms with Crippen LogP contribution in [0.3, 0.4) is 0 Å². The molecule has 1 atom stereocenters. The van der Waals surface area contributed by atoms with E-state index in [-0.39, 0.29) is 0 Å². The van der Waals surface area contributed by atoms with E-state index in [0.717, 1.165) is 30.9 Å². The summed E-state index contributed by atoms with van der Waals surface area (Å²) < 4.78 is 0. The molecule has 3 rings (SSSR count). The quantitative estimate of drug-likeness (QED) is 0.885. The van der Waals surface area contributed by atoms with Crippen LogP contribution in [0.4, 0.5) is 0 Å². The van der Waals surface area contributed by atoms with Crippen molar-refractivity contribution in [2.75, 3.05) is 33.2 Å². The number of aromatic nitrogens is 3. The first-order chi connectivity index (χ1) is 10.7. The van der Waals surface area contributed by atoms with Crippen molar-refractivity contribution in [3.63, 3.8) is 0 Å². The summed E-state index contributed by atoms with van der Waals surface area (Å²) >= 11 is 1.77. The van der Waals surface area contributed by atoms with Gasteiger partial charge in [-0.15, -0.1) is 11.3 Å². The van der Waals surface area contributed by atoms with Crippen molar-refractivity contribution < 1.29 is 0 Å². The lowest BCUT2D eigenvalue weighted by molar-refractivity contribution is 0.114. The van der Waals surface area contributed by atoms with Crippen LogP contribution in [0.5, 0.6) is 0 Å². The number of piperazine rings is 1. The molecule has 0 aromatic carbocycles. The molecule has 0 spiro atoms. The van der Waals surface area contributed by atoms with Gasteiger partial charge in [0.1, 0.15) is 5.82 Å². The smallest absolute Gasteiger partial charge is 0.150 e. The Morgan fingerprint density at radius 3 is 2.86 bits per heavy atom. The van der Waals surface area contributed by atoms with Crippen molar-refractivity contribution in [2.45, 2.75) is 32.2 Å². The van der Waals surface area contributed by atoms with Gasteiger partial charge in [0.05, 0.1) is 0 Å². The molecule has 5 nitrogen and oxygen atoms in total. The largest absolute Gasteiger partial charge is 0.304 e. The average Bonchev–Trinajstić information content (AvgIpc) is 3.18. The number of nitrogens with one attached hydrogen (secondary N) is 1. The van der Waals surface area contributed by atoms with Gasteiger partial charge in [-0.1, -0.05) is 6.07 Å². The number of aromatic amines is 1. The molecule has 2 aromatic heterocycles. The van der Waals surface area contributed by atoms with E-state index in [4.69, 9.17) is 0 Å². The Balaban J connectivity index is 1.46. The highest BCUT2D eigenvalue weighted by Crippen LogP contribution is 2.13. The highest BCUT2D eigenvalue weighted by atomic mass is 32.1. The highest BCUT2D eigenvalue weighted by molar-refractivity contribution is 7.09. The Labute approximate surface area is 136 Å². The molecule has 0 radical (unpaired) electrons. The summed E-state index contributed by atoms with van der Waals surface area (Å²) in [6.07, 6.45) is 2.94. The van der Waals surface area contributed by atoms with Gasteiger partial charge in [-0.05, 0) is 31.8 Å². The van der Waals surface area contributed by atoms with Gasteiger partial charge in [-0.2, -0.15) is 5.10 Å². The SMILES string of the molecule is CC(CCc1n[nH]c(Cc2cccs2)n1)N1CCN(C)CC1. The predicted molar refractivity (Wildman–Crippen MR) is 90.4 cm³/mol. The molecule has 120 valence electrons. The Bertz CT molecular complexity index is 557. The zero-order chi connectivity index (χ0) is 15.4. The molecule has 1 unspecified atom stereocenters. The normalized spacial score (nSPS) is 18.6. The lowest BCUT2D eigenvalue weighted by atomic mass is 10.1. The average molecular weight is 319 g/mol. The molecular formula is C16H25N5S. The summed E-state index contributed by atoms with van der Waals surface area (Å²) in [5.74, 6) is 1.93. The third-order valence-electron chi connectivity index (χ3n) is 4.45. The number of H-pyrrole nitrogens is 1. The van der Waals surface area contributed by atoms with Gasteiger partial charge < -0.3 is 4.90 Å². The van der Waals surface area contributed by atoms with Gasteiger partial charge in [0.25, 0.3) is 0 Å². The topological polar surface area (TPSA) is 48.1 Å². The van der Waals surface area contributed by atoms with Gasteiger partial charge in [0.2, 0.25) is 0 Å². The second-order valence-electron chi connectivity index (χ2n) is 6.18. The molecule has 6 heteroatoms. The molecule has 1 aliphatic heterocycles. The first kappa shape index (κ1) is 15.6. The Morgan fingerprint density at radius 2 is 2.14 bits per heavy atom. The van der Waals surface area contributed by atoms with Crippen molar-refractivity contribution in [3.8, 4) is 0 Å². The molecule has 0 saturated carbocycles. The maximum absolute atomic E-state index is 4.63. The van der Waals surface area contributed by atoms with Crippen molar-refractivity contribution in [1.29, 1.82) is 0 Å². The second kappa shape index (κ2) is 7.35. The fourth-order valence-electron chi connectivity index (χ4n) is 2.89. The molecule has 1 fully saturated rings. The van der Waals surface area contributed by atoms with E-state index in [1.807, 2.05) is 0 Å². The summed E-state index contributed by atoms with van der Waals surface area (Å²) in [5.41, 5.74) is 0. The first-order valence-corrected chi connectivity index (χ1v) is 8.94. The van der Waals surface area contributed by atoms with E-state index in [1.54, 1.807) is 11.3 Å². The van der Waals surface area contributed by atoms with Crippen LogP contribution in [0.2, 0.25) is 0 Å². The predicted octanol–water partition coefficient (Wildman–Crippen LogP) is 2.03. The van der Waals surface area contributed by atoms with Gasteiger partial charge in [0.15, 0.2) is 5.82 Å². The standard InChI is InChI=1S/C16H25N5S/c1-13(21-9-7-20(2)8-10-21)5-6-15-17-16(19-18-15)12-14-4-3-11-22-14/h3-4,11,13H,5-10,12H2,1-2H3,(H,17,18,19). The third-order valence-corrected chi connectivity index (χ3v) is 5.32. The number of likely N-dealkylation sites (N-methyl/N-ethyl adjacent to an activating group) is 1. The van der Waals surface area contributed by atoms with Gasteiger partial charge >= 0.3 is 0 Å². The van der Waals surface area contributed by atoms with Gasteiger partial charge in [0, 0.05) is 49.9 Å².